The zero-order chi connectivity index (χ0) is 20.5. The van der Waals surface area contributed by atoms with E-state index in [1.165, 1.54) is 0 Å². The van der Waals surface area contributed by atoms with Crippen LogP contribution < -0.4 is 15.6 Å². The predicted octanol–water partition coefficient (Wildman–Crippen LogP) is 2.01. The van der Waals surface area contributed by atoms with Crippen molar-refractivity contribution in [2.75, 3.05) is 19.8 Å². The first-order chi connectivity index (χ1) is 14.2. The second kappa shape index (κ2) is 10.5. The molecule has 154 valence electrons. The Hall–Kier alpha value is -3.00. The van der Waals surface area contributed by atoms with Crippen LogP contribution >= 0.6 is 0 Å². The zero-order valence-electron chi connectivity index (χ0n) is 16.4. The van der Waals surface area contributed by atoms with Gasteiger partial charge in [0.1, 0.15) is 11.4 Å². The Balaban J connectivity index is 1.52. The molecule has 2 aromatic rings. The van der Waals surface area contributed by atoms with Crippen molar-refractivity contribution in [3.05, 3.63) is 53.0 Å². The van der Waals surface area contributed by atoms with Crippen LogP contribution in [0, 0.1) is 0 Å². The smallest absolute Gasteiger partial charge is 0.273 e. The molecular formula is C21H26N4O4. The van der Waals surface area contributed by atoms with Crippen LogP contribution in [0.1, 0.15) is 31.4 Å². The molecule has 1 aromatic carbocycles. The number of amides is 1. The van der Waals surface area contributed by atoms with Gasteiger partial charge in [-0.05, 0) is 43.5 Å². The van der Waals surface area contributed by atoms with E-state index >= 15 is 0 Å². The third-order valence-corrected chi connectivity index (χ3v) is 4.62. The fourth-order valence-corrected chi connectivity index (χ4v) is 2.98. The number of carbonyl (C=O) groups excluding carboxylic acids is 1. The SMILES string of the molecule is C=CCCOc1ccc(-c2nnc(CCC(=O)NCC3CCCO3)c(=O)[nH]2)cc1. The third-order valence-electron chi connectivity index (χ3n) is 4.62. The molecule has 8 nitrogen and oxygen atoms in total. The summed E-state index contributed by atoms with van der Waals surface area (Å²) in [4.78, 5) is 27.0. The summed E-state index contributed by atoms with van der Waals surface area (Å²) >= 11 is 0. The predicted molar refractivity (Wildman–Crippen MR) is 109 cm³/mol. The number of ether oxygens (including phenoxy) is 2. The molecule has 0 saturated carbocycles. The van der Waals surface area contributed by atoms with Gasteiger partial charge in [0.15, 0.2) is 5.82 Å². The zero-order valence-corrected chi connectivity index (χ0v) is 16.4. The Bertz CT molecular complexity index is 873. The number of nitrogens with one attached hydrogen (secondary N) is 2. The molecule has 0 radical (unpaired) electrons. The quantitative estimate of drug-likeness (QED) is 0.468. The Morgan fingerprint density at radius 1 is 1.34 bits per heavy atom. The Morgan fingerprint density at radius 2 is 2.17 bits per heavy atom. The lowest BCUT2D eigenvalue weighted by atomic mass is 10.2. The number of aromatic nitrogens is 3. The maximum atomic E-state index is 12.3. The number of benzene rings is 1. The molecule has 1 unspecified atom stereocenters. The van der Waals surface area contributed by atoms with Crippen molar-refractivity contribution < 1.29 is 14.3 Å². The van der Waals surface area contributed by atoms with Crippen molar-refractivity contribution in [2.45, 2.75) is 38.2 Å². The van der Waals surface area contributed by atoms with Gasteiger partial charge in [0.25, 0.3) is 5.56 Å². The minimum atomic E-state index is -0.340. The summed E-state index contributed by atoms with van der Waals surface area (Å²) < 4.78 is 11.0. The van der Waals surface area contributed by atoms with Crippen molar-refractivity contribution in [3.63, 3.8) is 0 Å². The van der Waals surface area contributed by atoms with Crippen LogP contribution in [0.3, 0.4) is 0 Å². The number of hydrogen-bond donors (Lipinski definition) is 2. The second-order valence-electron chi connectivity index (χ2n) is 6.84. The molecule has 1 aliphatic heterocycles. The largest absolute Gasteiger partial charge is 0.493 e. The molecule has 1 atom stereocenters. The van der Waals surface area contributed by atoms with Crippen molar-refractivity contribution in [1.29, 1.82) is 0 Å². The first-order valence-corrected chi connectivity index (χ1v) is 9.84. The highest BCUT2D eigenvalue weighted by atomic mass is 16.5. The molecule has 2 N–H and O–H groups in total. The van der Waals surface area contributed by atoms with Crippen LogP contribution in [0.2, 0.25) is 0 Å². The average Bonchev–Trinajstić information content (AvgIpc) is 3.26. The molecule has 29 heavy (non-hydrogen) atoms. The normalized spacial score (nSPS) is 15.8. The number of aromatic amines is 1. The van der Waals surface area contributed by atoms with Crippen molar-refractivity contribution in [2.24, 2.45) is 0 Å². The number of H-pyrrole nitrogens is 1. The maximum Gasteiger partial charge on any atom is 0.273 e. The monoisotopic (exact) mass is 398 g/mol. The molecule has 0 bridgehead atoms. The number of rotatable bonds is 10. The van der Waals surface area contributed by atoms with E-state index < -0.39 is 0 Å². The van der Waals surface area contributed by atoms with E-state index in [4.69, 9.17) is 9.47 Å². The topological polar surface area (TPSA) is 106 Å². The first-order valence-electron chi connectivity index (χ1n) is 9.84. The highest BCUT2D eigenvalue weighted by molar-refractivity contribution is 5.76. The molecule has 1 aliphatic rings. The number of carbonyl (C=O) groups is 1. The summed E-state index contributed by atoms with van der Waals surface area (Å²) in [6.07, 6.45) is 5.08. The molecular weight excluding hydrogens is 372 g/mol. The minimum absolute atomic E-state index is 0.0974. The van der Waals surface area contributed by atoms with Gasteiger partial charge in [0.2, 0.25) is 5.91 Å². The molecule has 1 fully saturated rings. The summed E-state index contributed by atoms with van der Waals surface area (Å²) in [5, 5.41) is 10.9. The van der Waals surface area contributed by atoms with Gasteiger partial charge < -0.3 is 19.8 Å². The van der Waals surface area contributed by atoms with Crippen LogP contribution in [0.15, 0.2) is 41.7 Å². The maximum absolute atomic E-state index is 12.3. The van der Waals surface area contributed by atoms with E-state index in [9.17, 15) is 9.59 Å². The Morgan fingerprint density at radius 3 is 2.86 bits per heavy atom. The molecule has 0 aliphatic carbocycles. The first kappa shape index (κ1) is 20.7. The van der Waals surface area contributed by atoms with Gasteiger partial charge in [-0.2, -0.15) is 0 Å². The van der Waals surface area contributed by atoms with Gasteiger partial charge in [-0.15, -0.1) is 16.8 Å². The molecule has 0 spiro atoms. The summed E-state index contributed by atoms with van der Waals surface area (Å²) in [6.45, 7) is 5.48. The van der Waals surface area contributed by atoms with Crippen molar-refractivity contribution >= 4 is 5.91 Å². The molecule has 1 amide bonds. The number of nitrogens with zero attached hydrogens (tertiary/aromatic N) is 2. The van der Waals surface area contributed by atoms with Gasteiger partial charge in [-0.3, -0.25) is 9.59 Å². The fraction of sp³-hybridized carbons (Fsp3) is 0.429. The van der Waals surface area contributed by atoms with E-state index in [1.54, 1.807) is 18.2 Å². The third kappa shape index (κ3) is 6.25. The van der Waals surface area contributed by atoms with E-state index in [1.807, 2.05) is 12.1 Å². The van der Waals surface area contributed by atoms with Gasteiger partial charge >= 0.3 is 0 Å². The number of aryl methyl sites for hydroxylation is 1. The Kier molecular flexibility index (Phi) is 7.52. The highest BCUT2D eigenvalue weighted by Crippen LogP contribution is 2.18. The van der Waals surface area contributed by atoms with Crippen molar-refractivity contribution in [1.82, 2.24) is 20.5 Å². The van der Waals surface area contributed by atoms with Crippen molar-refractivity contribution in [3.8, 4) is 17.1 Å². The fourth-order valence-electron chi connectivity index (χ4n) is 2.98. The lowest BCUT2D eigenvalue weighted by Crippen LogP contribution is -2.32. The molecule has 2 heterocycles. The average molecular weight is 398 g/mol. The highest BCUT2D eigenvalue weighted by Gasteiger charge is 2.16. The second-order valence-corrected chi connectivity index (χ2v) is 6.84. The van der Waals surface area contributed by atoms with Crippen LogP contribution in [-0.2, 0) is 16.0 Å². The van der Waals surface area contributed by atoms with Crippen LogP contribution in [0.25, 0.3) is 11.4 Å². The lowest BCUT2D eigenvalue weighted by molar-refractivity contribution is -0.121. The molecule has 3 rings (SSSR count). The minimum Gasteiger partial charge on any atom is -0.493 e. The molecule has 1 aromatic heterocycles. The molecule has 8 heteroatoms. The van der Waals surface area contributed by atoms with E-state index in [0.717, 1.165) is 37.2 Å². The summed E-state index contributed by atoms with van der Waals surface area (Å²) in [6, 6.07) is 7.23. The summed E-state index contributed by atoms with van der Waals surface area (Å²) in [7, 11) is 0. The van der Waals surface area contributed by atoms with Gasteiger partial charge in [0.05, 0.1) is 12.7 Å². The van der Waals surface area contributed by atoms with Crippen LogP contribution in [0.4, 0.5) is 0 Å². The standard InChI is InChI=1S/C21H26N4O4/c1-2-3-12-28-16-8-6-15(7-9-16)20-23-21(27)18(24-25-20)10-11-19(26)22-14-17-5-4-13-29-17/h2,6-9,17H,1,3-5,10-14H2,(H,22,26)(H,23,25,27). The summed E-state index contributed by atoms with van der Waals surface area (Å²) in [5.74, 6) is 0.980. The number of hydrogen-bond acceptors (Lipinski definition) is 6. The van der Waals surface area contributed by atoms with Crippen LogP contribution in [0.5, 0.6) is 5.75 Å². The summed E-state index contributed by atoms with van der Waals surface area (Å²) in [5.41, 5.74) is 0.630. The van der Waals surface area contributed by atoms with Gasteiger partial charge in [-0.25, -0.2) is 0 Å². The van der Waals surface area contributed by atoms with Gasteiger partial charge in [0, 0.05) is 31.6 Å². The van der Waals surface area contributed by atoms with E-state index in [0.29, 0.717) is 19.0 Å². The lowest BCUT2D eigenvalue weighted by Gasteiger charge is -2.10. The van der Waals surface area contributed by atoms with E-state index in [-0.39, 0.29) is 36.1 Å². The van der Waals surface area contributed by atoms with Gasteiger partial charge in [-0.1, -0.05) is 6.08 Å². The molecule has 1 saturated heterocycles. The Labute approximate surface area is 169 Å². The van der Waals surface area contributed by atoms with E-state index in [2.05, 4.69) is 27.1 Å². The van der Waals surface area contributed by atoms with Crippen LogP contribution in [-0.4, -0.2) is 47.0 Å².